The number of halogens is 2. The van der Waals surface area contributed by atoms with Gasteiger partial charge in [0.2, 0.25) is 5.88 Å². The summed E-state index contributed by atoms with van der Waals surface area (Å²) in [5.41, 5.74) is 2.00. The molecule has 0 radical (unpaired) electrons. The van der Waals surface area contributed by atoms with E-state index in [1.165, 1.54) is 10.5 Å². The number of carboxylic acid groups (broad SMARTS) is 1. The number of ether oxygens (including phenoxy) is 1. The smallest absolute Gasteiger partial charge is 0.305 e. The molecular weight excluding hydrogens is 536 g/mol. The zero-order valence-electron chi connectivity index (χ0n) is 17.2. The van der Waals surface area contributed by atoms with Gasteiger partial charge >= 0.3 is 5.97 Å². The van der Waals surface area contributed by atoms with E-state index in [0.717, 1.165) is 17.7 Å². The Morgan fingerprint density at radius 1 is 1.36 bits per heavy atom. The third-order valence-corrected chi connectivity index (χ3v) is 6.89. The summed E-state index contributed by atoms with van der Waals surface area (Å²) in [6.45, 7) is 0.238. The topological polar surface area (TPSA) is 121 Å². The fourth-order valence-electron chi connectivity index (χ4n) is 3.83. The van der Waals surface area contributed by atoms with E-state index in [1.807, 2.05) is 0 Å². The highest BCUT2D eigenvalue weighted by molar-refractivity contribution is 9.10. The molecular formula is C21H19BrClN4O5S-. The molecule has 0 bridgehead atoms. The normalized spacial score (nSPS) is 16.2. The SMILES string of the molecule is O=C(O)CCn1ncc2c1CCCC2N(c1cnc(Oc2ccc(Cl)cc2)c(Br)c1)S(=O)[O-]. The lowest BCUT2D eigenvalue weighted by atomic mass is 9.92. The monoisotopic (exact) mass is 553 g/mol. The largest absolute Gasteiger partial charge is 0.755 e. The van der Waals surface area contributed by atoms with Crippen LogP contribution in [0.4, 0.5) is 5.69 Å². The summed E-state index contributed by atoms with van der Waals surface area (Å²) < 4.78 is 33.7. The van der Waals surface area contributed by atoms with Gasteiger partial charge in [-0.1, -0.05) is 11.6 Å². The van der Waals surface area contributed by atoms with Crippen LogP contribution in [-0.2, 0) is 29.0 Å². The maximum absolute atomic E-state index is 12.3. The van der Waals surface area contributed by atoms with Crippen molar-refractivity contribution < 1.29 is 23.4 Å². The number of aromatic nitrogens is 3. The Hall–Kier alpha value is -2.47. The Bertz CT molecular complexity index is 1190. The Balaban J connectivity index is 1.61. The number of rotatable bonds is 8. The number of aliphatic carboxylic acids is 1. The van der Waals surface area contributed by atoms with Crippen LogP contribution in [0.15, 0.2) is 47.2 Å². The minimum atomic E-state index is -2.58. The lowest BCUT2D eigenvalue weighted by Gasteiger charge is -2.36. The number of pyridine rings is 1. The van der Waals surface area contributed by atoms with E-state index in [9.17, 15) is 13.6 Å². The van der Waals surface area contributed by atoms with Crippen LogP contribution in [0.1, 0.15) is 36.6 Å². The van der Waals surface area contributed by atoms with Crippen molar-refractivity contribution in [1.82, 2.24) is 14.8 Å². The van der Waals surface area contributed by atoms with Crippen molar-refractivity contribution in [1.29, 1.82) is 0 Å². The first-order chi connectivity index (χ1) is 15.8. The van der Waals surface area contributed by atoms with E-state index >= 15 is 0 Å². The first-order valence-corrected chi connectivity index (χ1v) is 12.3. The number of benzene rings is 1. The van der Waals surface area contributed by atoms with E-state index in [1.54, 1.807) is 41.2 Å². The van der Waals surface area contributed by atoms with Gasteiger partial charge in [-0.3, -0.25) is 18.0 Å². The van der Waals surface area contributed by atoms with Crippen molar-refractivity contribution in [2.75, 3.05) is 4.31 Å². The van der Waals surface area contributed by atoms with Crippen LogP contribution in [0.3, 0.4) is 0 Å². The van der Waals surface area contributed by atoms with Gasteiger partial charge in [0.15, 0.2) is 0 Å². The molecule has 0 saturated heterocycles. The van der Waals surface area contributed by atoms with Crippen LogP contribution in [0.25, 0.3) is 0 Å². The van der Waals surface area contributed by atoms with Crippen molar-refractivity contribution in [2.24, 2.45) is 0 Å². The first-order valence-electron chi connectivity index (χ1n) is 10.1. The number of anilines is 1. The number of nitrogens with zero attached hydrogens (tertiary/aromatic N) is 4. The van der Waals surface area contributed by atoms with Gasteiger partial charge in [0.25, 0.3) is 0 Å². The average molecular weight is 555 g/mol. The molecule has 4 rings (SSSR count). The molecule has 3 aromatic rings. The third-order valence-electron chi connectivity index (χ3n) is 5.29. The van der Waals surface area contributed by atoms with Gasteiger partial charge in [-0.25, -0.2) is 4.98 Å². The number of aryl methyl sites for hydroxylation is 1. The molecule has 9 nitrogen and oxygen atoms in total. The third kappa shape index (κ3) is 5.37. The summed E-state index contributed by atoms with van der Waals surface area (Å²) in [7, 11) is 0. The molecule has 0 amide bonds. The van der Waals surface area contributed by atoms with Crippen molar-refractivity contribution in [3.05, 3.63) is 63.5 Å². The Labute approximate surface area is 205 Å². The summed E-state index contributed by atoms with van der Waals surface area (Å²) in [5, 5.41) is 13.9. The molecule has 2 unspecified atom stereocenters. The molecule has 0 saturated carbocycles. The molecule has 12 heteroatoms. The van der Waals surface area contributed by atoms with Gasteiger partial charge in [-0.15, -0.1) is 0 Å². The first kappa shape index (κ1) is 23.7. The van der Waals surface area contributed by atoms with Gasteiger partial charge in [-0.2, -0.15) is 5.10 Å². The molecule has 1 N–H and O–H groups in total. The van der Waals surface area contributed by atoms with Crippen molar-refractivity contribution in [2.45, 2.75) is 38.3 Å². The van der Waals surface area contributed by atoms with Gasteiger partial charge in [0.1, 0.15) is 5.75 Å². The van der Waals surface area contributed by atoms with E-state index in [4.69, 9.17) is 21.4 Å². The molecule has 2 heterocycles. The number of carbonyl (C=O) groups is 1. The molecule has 1 aromatic carbocycles. The van der Waals surface area contributed by atoms with Crippen molar-refractivity contribution in [3.8, 4) is 11.6 Å². The fourth-order valence-corrected chi connectivity index (χ4v) is 5.07. The van der Waals surface area contributed by atoms with Crippen LogP contribution in [0, 0.1) is 0 Å². The second kappa shape index (κ2) is 10.2. The summed E-state index contributed by atoms with van der Waals surface area (Å²) in [4.78, 5) is 15.2. The highest BCUT2D eigenvalue weighted by atomic mass is 79.9. The van der Waals surface area contributed by atoms with E-state index in [-0.39, 0.29) is 18.8 Å². The second-order valence-corrected chi connectivity index (χ2v) is 9.52. The Kier molecular flexibility index (Phi) is 7.32. The van der Waals surface area contributed by atoms with Crippen LogP contribution in [0.2, 0.25) is 5.02 Å². The predicted molar refractivity (Wildman–Crippen MR) is 125 cm³/mol. The summed E-state index contributed by atoms with van der Waals surface area (Å²) in [5.74, 6) is -0.0930. The van der Waals surface area contributed by atoms with Crippen LogP contribution >= 0.6 is 27.5 Å². The highest BCUT2D eigenvalue weighted by Gasteiger charge is 2.31. The summed E-state index contributed by atoms with van der Waals surface area (Å²) in [6.07, 6.45) is 5.07. The maximum Gasteiger partial charge on any atom is 0.305 e. The van der Waals surface area contributed by atoms with Gasteiger partial charge in [0.05, 0.1) is 41.6 Å². The lowest BCUT2D eigenvalue weighted by molar-refractivity contribution is -0.137. The summed E-state index contributed by atoms with van der Waals surface area (Å²) in [6, 6.07) is 7.96. The maximum atomic E-state index is 12.3. The molecule has 0 aliphatic heterocycles. The average Bonchev–Trinajstić information content (AvgIpc) is 3.19. The predicted octanol–water partition coefficient (Wildman–Crippen LogP) is 4.64. The molecule has 1 aliphatic carbocycles. The van der Waals surface area contributed by atoms with Crippen molar-refractivity contribution in [3.63, 3.8) is 0 Å². The van der Waals surface area contributed by atoms with E-state index in [2.05, 4.69) is 26.0 Å². The molecule has 2 atom stereocenters. The second-order valence-electron chi connectivity index (χ2n) is 7.40. The zero-order chi connectivity index (χ0) is 23.5. The Morgan fingerprint density at radius 2 is 2.12 bits per heavy atom. The number of hydrogen-bond acceptors (Lipinski definition) is 6. The molecule has 33 heavy (non-hydrogen) atoms. The molecule has 1 aliphatic rings. The van der Waals surface area contributed by atoms with Crippen LogP contribution in [0.5, 0.6) is 11.6 Å². The van der Waals surface area contributed by atoms with Crippen LogP contribution in [-0.4, -0.2) is 34.6 Å². The molecule has 2 aromatic heterocycles. The highest BCUT2D eigenvalue weighted by Crippen LogP contribution is 2.39. The van der Waals surface area contributed by atoms with Crippen LogP contribution < -0.4 is 9.04 Å². The van der Waals surface area contributed by atoms with Gasteiger partial charge < -0.3 is 14.4 Å². The summed E-state index contributed by atoms with van der Waals surface area (Å²) >= 11 is 6.73. The van der Waals surface area contributed by atoms with E-state index in [0.29, 0.717) is 33.8 Å². The molecule has 0 spiro atoms. The minimum Gasteiger partial charge on any atom is -0.755 e. The molecule has 0 fully saturated rings. The standard InChI is InChI=1S/C21H20BrClN4O5S/c22-17-10-14(11-24-21(17)32-15-6-4-13(23)5-7-15)27(33(30)31)19-3-1-2-18-16(19)12-25-26(18)9-8-20(28)29/h4-7,10-12,19H,1-3,8-9H2,(H,28,29)(H,30,31)/p-1. The van der Waals surface area contributed by atoms with Crippen molar-refractivity contribution >= 4 is 50.5 Å². The fraction of sp³-hybridized carbons (Fsp3) is 0.286. The minimum absolute atomic E-state index is 0.0536. The molecule has 174 valence electrons. The van der Waals surface area contributed by atoms with Gasteiger partial charge in [-0.05, 0) is 65.5 Å². The zero-order valence-corrected chi connectivity index (χ0v) is 20.3. The number of fused-ring (bicyclic) bond motifs is 1. The lowest BCUT2D eigenvalue weighted by Crippen LogP contribution is -2.33. The number of hydrogen-bond donors (Lipinski definition) is 1. The van der Waals surface area contributed by atoms with Gasteiger partial charge in [0, 0.05) is 27.5 Å². The van der Waals surface area contributed by atoms with E-state index < -0.39 is 23.3 Å². The Morgan fingerprint density at radius 3 is 2.79 bits per heavy atom. The quantitative estimate of drug-likeness (QED) is 0.403. The number of carboxylic acids is 1.